The molecule has 4 nitrogen and oxygen atoms in total. The minimum absolute atomic E-state index is 0.0792. The van der Waals surface area contributed by atoms with E-state index in [2.05, 4.69) is 9.64 Å². The van der Waals surface area contributed by atoms with E-state index in [-0.39, 0.29) is 11.7 Å². The zero-order valence-electron chi connectivity index (χ0n) is 12.4. The van der Waals surface area contributed by atoms with Gasteiger partial charge in [0.25, 0.3) is 0 Å². The molecule has 1 aromatic rings. The van der Waals surface area contributed by atoms with Gasteiger partial charge >= 0.3 is 6.36 Å². The number of amides is 1. The van der Waals surface area contributed by atoms with Gasteiger partial charge in [0.15, 0.2) is 0 Å². The summed E-state index contributed by atoms with van der Waals surface area (Å²) in [5.41, 5.74) is 0.922. The minimum Gasteiger partial charge on any atom is -0.406 e. The van der Waals surface area contributed by atoms with Crippen molar-refractivity contribution >= 4 is 5.91 Å². The van der Waals surface area contributed by atoms with Crippen molar-refractivity contribution < 1.29 is 22.7 Å². The largest absolute Gasteiger partial charge is 0.573 e. The van der Waals surface area contributed by atoms with E-state index in [1.165, 1.54) is 12.1 Å². The van der Waals surface area contributed by atoms with Gasteiger partial charge in [0.1, 0.15) is 5.75 Å². The zero-order chi connectivity index (χ0) is 16.2. The predicted molar refractivity (Wildman–Crippen MR) is 75.3 cm³/mol. The third-order valence-electron chi connectivity index (χ3n) is 3.60. The lowest BCUT2D eigenvalue weighted by Gasteiger charge is -2.21. The highest BCUT2D eigenvalue weighted by Crippen LogP contribution is 2.23. The van der Waals surface area contributed by atoms with E-state index in [0.717, 1.165) is 31.6 Å². The number of carbonyl (C=O) groups is 1. The fourth-order valence-corrected chi connectivity index (χ4v) is 2.50. The molecule has 0 radical (unpaired) electrons. The molecule has 0 spiro atoms. The van der Waals surface area contributed by atoms with Gasteiger partial charge < -0.3 is 9.64 Å². The van der Waals surface area contributed by atoms with E-state index in [1.54, 1.807) is 19.1 Å². The maximum absolute atomic E-state index is 12.1. The molecule has 0 atom stereocenters. The molecule has 0 N–H and O–H groups in total. The molecule has 0 aliphatic carbocycles. The van der Waals surface area contributed by atoms with E-state index in [1.807, 2.05) is 4.90 Å². The van der Waals surface area contributed by atoms with Gasteiger partial charge in [0, 0.05) is 39.6 Å². The van der Waals surface area contributed by atoms with Crippen LogP contribution in [0.1, 0.15) is 18.9 Å². The van der Waals surface area contributed by atoms with Crippen LogP contribution in [0.2, 0.25) is 0 Å². The number of nitrogens with zero attached hydrogens (tertiary/aromatic N) is 2. The standard InChI is InChI=1S/C15H19F3N2O2/c1-12(21)20-8-2-7-19(9-10-20)11-13-3-5-14(6-4-13)22-15(16,17)18/h3-6H,2,7-11H2,1H3. The topological polar surface area (TPSA) is 32.8 Å². The van der Waals surface area contributed by atoms with Gasteiger partial charge in [-0.1, -0.05) is 12.1 Å². The van der Waals surface area contributed by atoms with E-state index < -0.39 is 6.36 Å². The molecule has 7 heteroatoms. The molecule has 1 fully saturated rings. The average molecular weight is 316 g/mol. The van der Waals surface area contributed by atoms with Crippen molar-refractivity contribution in [2.75, 3.05) is 26.2 Å². The molecule has 122 valence electrons. The van der Waals surface area contributed by atoms with Gasteiger partial charge in [-0.2, -0.15) is 0 Å². The maximum atomic E-state index is 12.1. The van der Waals surface area contributed by atoms with Crippen LogP contribution in [0.4, 0.5) is 13.2 Å². The van der Waals surface area contributed by atoms with Crippen LogP contribution >= 0.6 is 0 Å². The second-order valence-electron chi connectivity index (χ2n) is 5.33. The number of rotatable bonds is 3. The summed E-state index contributed by atoms with van der Waals surface area (Å²) in [6, 6.07) is 5.91. The van der Waals surface area contributed by atoms with Crippen LogP contribution in [0.3, 0.4) is 0 Å². The summed E-state index contributed by atoms with van der Waals surface area (Å²) in [5.74, 6) is -0.134. The smallest absolute Gasteiger partial charge is 0.406 e. The normalized spacial score (nSPS) is 17.2. The summed E-state index contributed by atoms with van der Waals surface area (Å²) in [4.78, 5) is 15.4. The van der Waals surface area contributed by atoms with Crippen LogP contribution in [-0.2, 0) is 11.3 Å². The van der Waals surface area contributed by atoms with E-state index in [0.29, 0.717) is 13.1 Å². The Morgan fingerprint density at radius 1 is 1.14 bits per heavy atom. The molecule has 0 aromatic heterocycles. The molecule has 1 amide bonds. The Bertz CT molecular complexity index is 503. The monoisotopic (exact) mass is 316 g/mol. The molecule has 1 aromatic carbocycles. The summed E-state index contributed by atoms with van der Waals surface area (Å²) < 4.78 is 40.1. The lowest BCUT2D eigenvalue weighted by molar-refractivity contribution is -0.274. The van der Waals surface area contributed by atoms with Crippen LogP contribution in [-0.4, -0.2) is 48.2 Å². The molecular weight excluding hydrogens is 297 g/mol. The van der Waals surface area contributed by atoms with Crippen LogP contribution in [0, 0.1) is 0 Å². The summed E-state index contributed by atoms with van der Waals surface area (Å²) in [6.45, 7) is 5.28. The zero-order valence-corrected chi connectivity index (χ0v) is 12.4. The quantitative estimate of drug-likeness (QED) is 0.859. The fraction of sp³-hybridized carbons (Fsp3) is 0.533. The lowest BCUT2D eigenvalue weighted by atomic mass is 10.2. The van der Waals surface area contributed by atoms with Crippen LogP contribution in [0.5, 0.6) is 5.75 Å². The summed E-state index contributed by atoms with van der Waals surface area (Å²) in [6.07, 6.45) is -3.77. The molecule has 0 saturated carbocycles. The second-order valence-corrected chi connectivity index (χ2v) is 5.33. The Labute approximate surface area is 127 Å². The van der Waals surface area contributed by atoms with E-state index in [4.69, 9.17) is 0 Å². The average Bonchev–Trinajstić information content (AvgIpc) is 2.65. The summed E-state index contributed by atoms with van der Waals surface area (Å²) in [5, 5.41) is 0. The number of carbonyl (C=O) groups excluding carboxylic acids is 1. The number of hydrogen-bond acceptors (Lipinski definition) is 3. The SMILES string of the molecule is CC(=O)N1CCCN(Cc2ccc(OC(F)(F)F)cc2)CC1. The molecule has 22 heavy (non-hydrogen) atoms. The molecule has 0 unspecified atom stereocenters. The van der Waals surface area contributed by atoms with E-state index in [9.17, 15) is 18.0 Å². The van der Waals surface area contributed by atoms with Gasteiger partial charge in [-0.25, -0.2) is 0 Å². The predicted octanol–water partition coefficient (Wildman–Crippen LogP) is 2.64. The van der Waals surface area contributed by atoms with Gasteiger partial charge in [0.2, 0.25) is 5.91 Å². The molecule has 0 bridgehead atoms. The molecule has 1 aliphatic heterocycles. The van der Waals surface area contributed by atoms with Crippen LogP contribution in [0.15, 0.2) is 24.3 Å². The Balaban J connectivity index is 1.89. The third-order valence-corrected chi connectivity index (χ3v) is 3.60. The van der Waals surface area contributed by atoms with Crippen molar-refractivity contribution in [3.63, 3.8) is 0 Å². The summed E-state index contributed by atoms with van der Waals surface area (Å²) >= 11 is 0. The first-order valence-corrected chi connectivity index (χ1v) is 7.16. The van der Waals surface area contributed by atoms with Crippen molar-refractivity contribution in [1.29, 1.82) is 0 Å². The van der Waals surface area contributed by atoms with Gasteiger partial charge in [-0.3, -0.25) is 9.69 Å². The maximum Gasteiger partial charge on any atom is 0.573 e. The molecular formula is C15H19F3N2O2. The number of hydrogen-bond donors (Lipinski definition) is 0. The minimum atomic E-state index is -4.66. The Kier molecular flexibility index (Phi) is 5.28. The van der Waals surface area contributed by atoms with E-state index >= 15 is 0 Å². The third kappa shape index (κ3) is 5.22. The highest BCUT2D eigenvalue weighted by Gasteiger charge is 2.31. The van der Waals surface area contributed by atoms with Crippen LogP contribution < -0.4 is 4.74 Å². The number of halogens is 3. The first-order chi connectivity index (χ1) is 10.3. The van der Waals surface area contributed by atoms with Crippen molar-refractivity contribution in [2.24, 2.45) is 0 Å². The van der Waals surface area contributed by atoms with Crippen molar-refractivity contribution in [2.45, 2.75) is 26.3 Å². The highest BCUT2D eigenvalue weighted by atomic mass is 19.4. The van der Waals surface area contributed by atoms with Crippen molar-refractivity contribution in [3.8, 4) is 5.75 Å². The highest BCUT2D eigenvalue weighted by molar-refractivity contribution is 5.73. The fourth-order valence-electron chi connectivity index (χ4n) is 2.50. The number of ether oxygens (including phenoxy) is 1. The van der Waals surface area contributed by atoms with Gasteiger partial charge in [-0.05, 0) is 24.1 Å². The number of alkyl halides is 3. The summed E-state index contributed by atoms with van der Waals surface area (Å²) in [7, 11) is 0. The Hall–Kier alpha value is -1.76. The first-order valence-electron chi connectivity index (χ1n) is 7.16. The second kappa shape index (κ2) is 7.00. The van der Waals surface area contributed by atoms with Crippen molar-refractivity contribution in [1.82, 2.24) is 9.80 Å². The first kappa shape index (κ1) is 16.6. The Morgan fingerprint density at radius 3 is 2.41 bits per heavy atom. The van der Waals surface area contributed by atoms with Gasteiger partial charge in [0.05, 0.1) is 0 Å². The van der Waals surface area contributed by atoms with Gasteiger partial charge in [-0.15, -0.1) is 13.2 Å². The molecule has 1 saturated heterocycles. The number of benzene rings is 1. The van der Waals surface area contributed by atoms with Crippen LogP contribution in [0.25, 0.3) is 0 Å². The van der Waals surface area contributed by atoms with Crippen molar-refractivity contribution in [3.05, 3.63) is 29.8 Å². The molecule has 2 rings (SSSR count). The Morgan fingerprint density at radius 2 is 1.82 bits per heavy atom. The molecule has 1 heterocycles. The lowest BCUT2D eigenvalue weighted by Crippen LogP contribution is -2.33. The molecule has 1 aliphatic rings.